The summed E-state index contributed by atoms with van der Waals surface area (Å²) >= 11 is 0. The van der Waals surface area contributed by atoms with Gasteiger partial charge in [-0.1, -0.05) is 53.4 Å². The highest BCUT2D eigenvalue weighted by atomic mass is 28.4. The van der Waals surface area contributed by atoms with Crippen LogP contribution in [0.4, 0.5) is 4.79 Å². The fourth-order valence-electron chi connectivity index (χ4n) is 3.68. The number of alkyl carbamates (subject to hydrolysis) is 1. The summed E-state index contributed by atoms with van der Waals surface area (Å²) in [6, 6.07) is 5.54. The van der Waals surface area contributed by atoms with Crippen molar-refractivity contribution in [2.24, 2.45) is 0 Å². The highest BCUT2D eigenvalue weighted by Crippen LogP contribution is 2.39. The topological polar surface area (TPSA) is 112 Å². The van der Waals surface area contributed by atoms with Crippen molar-refractivity contribution in [3.63, 3.8) is 0 Å². The summed E-state index contributed by atoms with van der Waals surface area (Å²) < 4.78 is 23.5. The van der Waals surface area contributed by atoms with Gasteiger partial charge in [0.05, 0.1) is 25.4 Å². The van der Waals surface area contributed by atoms with Crippen LogP contribution in [0.2, 0.25) is 36.3 Å². The number of ether oxygens (including phenoxy) is 2. The largest absolute Gasteiger partial charge is 0.467 e. The van der Waals surface area contributed by atoms with Gasteiger partial charge in [0.1, 0.15) is 11.6 Å². The number of carbonyl (C=O) groups excluding carboxylic acids is 3. The Kier molecular flexibility index (Phi) is 14.3. The van der Waals surface area contributed by atoms with Crippen molar-refractivity contribution in [3.05, 3.63) is 47.5 Å². The summed E-state index contributed by atoms with van der Waals surface area (Å²) in [5, 5.41) is 5.49. The number of amides is 2. The molecule has 2 N–H and O–H groups in total. The van der Waals surface area contributed by atoms with E-state index in [4.69, 9.17) is 18.3 Å². The lowest BCUT2D eigenvalue weighted by Gasteiger charge is -2.41. The van der Waals surface area contributed by atoms with Gasteiger partial charge in [-0.05, 0) is 107 Å². The Morgan fingerprint density at radius 3 is 1.85 bits per heavy atom. The number of benzene rings is 1. The van der Waals surface area contributed by atoms with Crippen LogP contribution in [-0.4, -0.2) is 71.6 Å². The molecule has 9 nitrogen and oxygen atoms in total. The molecule has 0 aliphatic rings. The molecule has 0 saturated carbocycles. The quantitative estimate of drug-likeness (QED) is 0.140. The Hall–Kier alpha value is -2.92. The van der Waals surface area contributed by atoms with Crippen molar-refractivity contribution in [1.29, 1.82) is 0 Å². The SMILES string of the molecule is COC(=O)[C@@H](NC(=O)c1ccc(C#CC=CC(CO[Si](C)(C)C(C)(C)C)O[Si](C)(C)C(C)(C)C)cc1)C(C)(C)NC(=O)OC(C)(C)C. The molecule has 0 fully saturated rings. The van der Waals surface area contributed by atoms with Gasteiger partial charge < -0.3 is 29.0 Å². The molecule has 1 unspecified atom stereocenters. The highest BCUT2D eigenvalue weighted by molar-refractivity contribution is 6.74. The van der Waals surface area contributed by atoms with Crippen LogP contribution in [0, 0.1) is 11.8 Å². The van der Waals surface area contributed by atoms with Gasteiger partial charge >= 0.3 is 12.1 Å². The van der Waals surface area contributed by atoms with E-state index in [1.807, 2.05) is 6.08 Å². The average molecular weight is 689 g/mol. The molecule has 0 radical (unpaired) electrons. The summed E-state index contributed by atoms with van der Waals surface area (Å²) in [6.07, 6.45) is 2.84. The molecule has 0 bridgehead atoms. The third kappa shape index (κ3) is 13.6. The molecule has 0 aliphatic heterocycles. The van der Waals surface area contributed by atoms with Crippen LogP contribution in [0.15, 0.2) is 36.4 Å². The minimum atomic E-state index is -2.06. The Morgan fingerprint density at radius 1 is 0.851 bits per heavy atom. The van der Waals surface area contributed by atoms with Gasteiger partial charge in [-0.15, -0.1) is 0 Å². The lowest BCUT2D eigenvalue weighted by atomic mass is 9.94. The Balaban J connectivity index is 3.10. The number of carbonyl (C=O) groups is 3. The molecule has 2 atom stereocenters. The molecule has 1 rings (SSSR count). The first-order valence-corrected chi connectivity index (χ1v) is 21.9. The second kappa shape index (κ2) is 16.0. The van der Waals surface area contributed by atoms with Crippen molar-refractivity contribution in [2.75, 3.05) is 13.7 Å². The van der Waals surface area contributed by atoms with Crippen molar-refractivity contribution in [1.82, 2.24) is 10.6 Å². The molecule has 11 heteroatoms. The van der Waals surface area contributed by atoms with Crippen molar-refractivity contribution in [3.8, 4) is 11.8 Å². The molecular formula is C36H60N2O7Si2. The van der Waals surface area contributed by atoms with Crippen LogP contribution in [0.5, 0.6) is 0 Å². The van der Waals surface area contributed by atoms with E-state index in [1.165, 1.54) is 7.11 Å². The Morgan fingerprint density at radius 2 is 1.38 bits per heavy atom. The van der Waals surface area contributed by atoms with E-state index >= 15 is 0 Å². The lowest BCUT2D eigenvalue weighted by molar-refractivity contribution is -0.144. The molecule has 0 aliphatic carbocycles. The minimum Gasteiger partial charge on any atom is -0.467 e. The van der Waals surface area contributed by atoms with Gasteiger partial charge in [-0.3, -0.25) is 4.79 Å². The summed E-state index contributed by atoms with van der Waals surface area (Å²) in [5.74, 6) is 4.98. The Bertz CT molecular complexity index is 1320. The van der Waals surface area contributed by atoms with Crippen LogP contribution in [0.3, 0.4) is 0 Å². The number of methoxy groups -OCH3 is 1. The molecule has 1 aromatic rings. The first-order valence-electron chi connectivity index (χ1n) is 16.1. The number of rotatable bonds is 11. The monoisotopic (exact) mass is 688 g/mol. The van der Waals surface area contributed by atoms with Crippen molar-refractivity contribution >= 4 is 34.6 Å². The summed E-state index contributed by atoms with van der Waals surface area (Å²) in [7, 11) is -2.81. The zero-order valence-electron chi connectivity index (χ0n) is 31.7. The number of allylic oxidation sites excluding steroid dienone is 1. The van der Waals surface area contributed by atoms with E-state index in [2.05, 4.69) is 90.2 Å². The maximum atomic E-state index is 13.1. The summed E-state index contributed by atoms with van der Waals surface area (Å²) in [5.41, 5.74) is -0.921. The predicted octanol–water partition coefficient (Wildman–Crippen LogP) is 7.58. The van der Waals surface area contributed by atoms with Gasteiger partial charge in [0, 0.05) is 11.1 Å². The van der Waals surface area contributed by atoms with Crippen LogP contribution in [0.1, 0.15) is 92.1 Å². The molecule has 264 valence electrons. The fourth-order valence-corrected chi connectivity index (χ4v) is 5.95. The predicted molar refractivity (Wildman–Crippen MR) is 194 cm³/mol. The Labute approximate surface area is 286 Å². The molecule has 0 heterocycles. The zero-order valence-corrected chi connectivity index (χ0v) is 33.7. The smallest absolute Gasteiger partial charge is 0.408 e. The standard InChI is InChI=1S/C36H60N2O7Si2/c1-33(2,3)44-32(41)38-36(10,11)29(31(40)42-12)37-30(39)27-23-21-26(22-24-27)19-17-18-20-28(45-47(15,16)35(7,8)9)25-43-46(13,14)34(4,5)6/h18,20-24,28-29H,25H2,1-16H3,(H,37,39)(H,38,41)/t28?,29-/m1/s1. The molecule has 2 amide bonds. The second-order valence-corrected chi connectivity index (χ2v) is 26.0. The van der Waals surface area contributed by atoms with Gasteiger partial charge in [-0.25, -0.2) is 9.59 Å². The maximum Gasteiger partial charge on any atom is 0.408 e. The third-order valence-corrected chi connectivity index (χ3v) is 17.7. The van der Waals surface area contributed by atoms with Gasteiger partial charge in [0.2, 0.25) is 0 Å². The molecule has 1 aromatic carbocycles. The normalized spacial score (nSPS) is 14.5. The van der Waals surface area contributed by atoms with Crippen LogP contribution in [-0.2, 0) is 23.1 Å². The van der Waals surface area contributed by atoms with Crippen LogP contribution < -0.4 is 10.6 Å². The molecule has 47 heavy (non-hydrogen) atoms. The van der Waals surface area contributed by atoms with E-state index < -0.39 is 51.8 Å². The number of nitrogens with one attached hydrogen (secondary N) is 2. The maximum absolute atomic E-state index is 13.1. The van der Waals surface area contributed by atoms with Crippen molar-refractivity contribution < 1.29 is 32.7 Å². The van der Waals surface area contributed by atoms with E-state index in [0.717, 1.165) is 0 Å². The van der Waals surface area contributed by atoms with E-state index in [-0.39, 0.29) is 16.2 Å². The first kappa shape index (κ1) is 42.1. The first-order chi connectivity index (χ1) is 21.1. The third-order valence-electron chi connectivity index (χ3n) is 8.68. The molecular weight excluding hydrogens is 629 g/mol. The van der Waals surface area contributed by atoms with Gasteiger partial charge in [0.15, 0.2) is 16.6 Å². The van der Waals surface area contributed by atoms with Gasteiger partial charge in [-0.2, -0.15) is 0 Å². The number of hydrogen-bond donors (Lipinski definition) is 2. The van der Waals surface area contributed by atoms with Crippen LogP contribution in [0.25, 0.3) is 0 Å². The minimum absolute atomic E-state index is 0.0526. The van der Waals surface area contributed by atoms with Crippen molar-refractivity contribution in [2.45, 2.75) is 136 Å². The second-order valence-electron chi connectivity index (χ2n) is 16.5. The average Bonchev–Trinajstić information content (AvgIpc) is 2.89. The van der Waals surface area contributed by atoms with Crippen LogP contribution >= 0.6 is 0 Å². The summed E-state index contributed by atoms with van der Waals surface area (Å²) in [6.45, 7) is 31.1. The number of hydrogen-bond acceptors (Lipinski definition) is 7. The molecule has 0 spiro atoms. The number of esters is 1. The van der Waals surface area contributed by atoms with E-state index in [0.29, 0.717) is 17.7 Å². The zero-order chi connectivity index (χ0) is 36.6. The fraction of sp³-hybridized carbons (Fsp3) is 0.639. The summed E-state index contributed by atoms with van der Waals surface area (Å²) in [4.78, 5) is 38.2. The van der Waals surface area contributed by atoms with E-state index in [9.17, 15) is 14.4 Å². The highest BCUT2D eigenvalue weighted by Gasteiger charge is 2.42. The van der Waals surface area contributed by atoms with E-state index in [1.54, 1.807) is 65.0 Å². The molecule has 0 aromatic heterocycles. The lowest BCUT2D eigenvalue weighted by Crippen LogP contribution is -2.62. The van der Waals surface area contributed by atoms with Gasteiger partial charge in [0.25, 0.3) is 5.91 Å². The molecule has 0 saturated heterocycles.